The quantitative estimate of drug-likeness (QED) is 0.849. The van der Waals surface area contributed by atoms with Gasteiger partial charge in [0.05, 0.1) is 6.20 Å². The molecule has 0 amide bonds. The highest BCUT2D eigenvalue weighted by atomic mass is 15.1. The lowest BCUT2D eigenvalue weighted by Gasteiger charge is -2.16. The van der Waals surface area contributed by atoms with Crippen LogP contribution in [-0.4, -0.2) is 16.0 Å². The number of nitrogens with zero attached hydrogens (tertiary/aromatic N) is 3. The molecule has 2 saturated carbocycles. The average Bonchev–Trinajstić information content (AvgIpc) is 3.19. The van der Waals surface area contributed by atoms with E-state index in [9.17, 15) is 0 Å². The highest BCUT2D eigenvalue weighted by molar-refractivity contribution is 5.49. The SMILES string of the molecule is N#Cc1cnc(NC2CCCC3(CC2)CC3)nc1N. The zero-order chi connectivity index (χ0) is 13.3. The van der Waals surface area contributed by atoms with E-state index in [1.807, 2.05) is 6.07 Å². The van der Waals surface area contributed by atoms with Gasteiger partial charge in [0.15, 0.2) is 0 Å². The van der Waals surface area contributed by atoms with Gasteiger partial charge >= 0.3 is 0 Å². The summed E-state index contributed by atoms with van der Waals surface area (Å²) in [6, 6.07) is 2.41. The number of nitriles is 1. The van der Waals surface area contributed by atoms with Crippen molar-refractivity contribution >= 4 is 11.8 Å². The van der Waals surface area contributed by atoms with Gasteiger partial charge < -0.3 is 11.1 Å². The van der Waals surface area contributed by atoms with Crippen LogP contribution in [0.15, 0.2) is 6.20 Å². The Hall–Kier alpha value is -1.83. The van der Waals surface area contributed by atoms with Crippen molar-refractivity contribution in [3.8, 4) is 6.07 Å². The third kappa shape index (κ3) is 2.62. The predicted molar refractivity (Wildman–Crippen MR) is 73.3 cm³/mol. The smallest absolute Gasteiger partial charge is 0.224 e. The van der Waals surface area contributed by atoms with Gasteiger partial charge in [0.25, 0.3) is 0 Å². The zero-order valence-electron chi connectivity index (χ0n) is 11.0. The van der Waals surface area contributed by atoms with Gasteiger partial charge in [0.1, 0.15) is 17.5 Å². The molecule has 1 aromatic heterocycles. The minimum atomic E-state index is 0.257. The van der Waals surface area contributed by atoms with Crippen LogP contribution in [0.3, 0.4) is 0 Å². The Morgan fingerprint density at radius 1 is 1.32 bits per heavy atom. The van der Waals surface area contributed by atoms with Crippen LogP contribution in [0.4, 0.5) is 11.8 Å². The summed E-state index contributed by atoms with van der Waals surface area (Å²) >= 11 is 0. The first-order valence-electron chi connectivity index (χ1n) is 7.00. The molecule has 1 aromatic rings. The van der Waals surface area contributed by atoms with Crippen LogP contribution < -0.4 is 11.1 Å². The number of nitrogens with two attached hydrogens (primary N) is 1. The second-order valence-electron chi connectivity index (χ2n) is 5.88. The van der Waals surface area contributed by atoms with Crippen LogP contribution in [-0.2, 0) is 0 Å². The first-order chi connectivity index (χ1) is 9.21. The van der Waals surface area contributed by atoms with E-state index >= 15 is 0 Å². The molecule has 2 aliphatic rings. The highest BCUT2D eigenvalue weighted by Gasteiger charge is 2.43. The summed E-state index contributed by atoms with van der Waals surface area (Å²) in [5.41, 5.74) is 6.73. The number of nitrogen functional groups attached to an aromatic ring is 1. The number of aromatic nitrogens is 2. The number of hydrogen-bond acceptors (Lipinski definition) is 5. The van der Waals surface area contributed by atoms with Crippen molar-refractivity contribution in [2.75, 3.05) is 11.1 Å². The molecule has 1 unspecified atom stereocenters. The van der Waals surface area contributed by atoms with Gasteiger partial charge in [0, 0.05) is 6.04 Å². The Balaban J connectivity index is 1.64. The van der Waals surface area contributed by atoms with Gasteiger partial charge in [0.2, 0.25) is 5.95 Å². The fourth-order valence-corrected chi connectivity index (χ4v) is 3.03. The van der Waals surface area contributed by atoms with Crippen molar-refractivity contribution in [2.24, 2.45) is 5.41 Å². The van der Waals surface area contributed by atoms with Crippen LogP contribution in [0.25, 0.3) is 0 Å². The van der Waals surface area contributed by atoms with Crippen molar-refractivity contribution in [2.45, 2.75) is 51.0 Å². The molecule has 0 bridgehead atoms. The number of hydrogen-bond donors (Lipinski definition) is 2. The van der Waals surface area contributed by atoms with Crippen molar-refractivity contribution < 1.29 is 0 Å². The minimum Gasteiger partial charge on any atom is -0.382 e. The van der Waals surface area contributed by atoms with E-state index in [1.54, 1.807) is 0 Å². The van der Waals surface area contributed by atoms with Crippen molar-refractivity contribution in [3.63, 3.8) is 0 Å². The molecule has 2 aliphatic carbocycles. The largest absolute Gasteiger partial charge is 0.382 e. The van der Waals surface area contributed by atoms with Crippen LogP contribution in [0.1, 0.15) is 50.5 Å². The Labute approximate surface area is 113 Å². The van der Waals surface area contributed by atoms with Crippen LogP contribution >= 0.6 is 0 Å². The van der Waals surface area contributed by atoms with E-state index in [0.29, 0.717) is 23.0 Å². The monoisotopic (exact) mass is 257 g/mol. The van der Waals surface area contributed by atoms with Crippen LogP contribution in [0, 0.1) is 16.7 Å². The molecule has 0 aliphatic heterocycles. The van der Waals surface area contributed by atoms with Gasteiger partial charge in [-0.25, -0.2) is 4.98 Å². The molecule has 0 radical (unpaired) electrons. The van der Waals surface area contributed by atoms with E-state index < -0.39 is 0 Å². The molecular weight excluding hydrogens is 238 g/mol. The topological polar surface area (TPSA) is 87.6 Å². The summed E-state index contributed by atoms with van der Waals surface area (Å²) < 4.78 is 0. The molecule has 3 rings (SSSR count). The highest BCUT2D eigenvalue weighted by Crippen LogP contribution is 2.55. The Kier molecular flexibility index (Phi) is 3.02. The van der Waals surface area contributed by atoms with E-state index in [1.165, 1.54) is 51.1 Å². The minimum absolute atomic E-state index is 0.257. The Morgan fingerprint density at radius 3 is 2.84 bits per heavy atom. The molecular formula is C14H19N5. The summed E-state index contributed by atoms with van der Waals surface area (Å²) in [6.07, 6.45) is 10.7. The number of nitrogens with one attached hydrogen (secondary N) is 1. The third-order valence-corrected chi connectivity index (χ3v) is 4.51. The standard InChI is InChI=1S/C14H19N5/c15-8-10-9-17-13(19-12(10)16)18-11-2-1-4-14(5-3-11)6-7-14/h9,11H,1-7H2,(H3,16,17,18,19). The van der Waals surface area contributed by atoms with Gasteiger partial charge in [-0.1, -0.05) is 6.42 Å². The van der Waals surface area contributed by atoms with Gasteiger partial charge in [-0.3, -0.25) is 0 Å². The van der Waals surface area contributed by atoms with Crippen LogP contribution in [0.2, 0.25) is 0 Å². The maximum atomic E-state index is 8.80. The summed E-state index contributed by atoms with van der Waals surface area (Å²) in [7, 11) is 0. The molecule has 100 valence electrons. The number of rotatable bonds is 2. The molecule has 2 fully saturated rings. The molecule has 5 heteroatoms. The third-order valence-electron chi connectivity index (χ3n) is 4.51. The van der Waals surface area contributed by atoms with Crippen LogP contribution in [0.5, 0.6) is 0 Å². The normalized spacial score (nSPS) is 24.5. The fraction of sp³-hybridized carbons (Fsp3) is 0.643. The molecule has 1 heterocycles. The van der Waals surface area contributed by atoms with Crippen molar-refractivity contribution in [1.29, 1.82) is 5.26 Å². The fourth-order valence-electron chi connectivity index (χ4n) is 3.03. The van der Waals surface area contributed by atoms with E-state index in [0.717, 1.165) is 0 Å². The molecule has 19 heavy (non-hydrogen) atoms. The summed E-state index contributed by atoms with van der Waals surface area (Å²) in [5, 5.41) is 12.2. The van der Waals surface area contributed by atoms with Crippen molar-refractivity contribution in [1.82, 2.24) is 9.97 Å². The summed E-state index contributed by atoms with van der Waals surface area (Å²) in [6.45, 7) is 0. The summed E-state index contributed by atoms with van der Waals surface area (Å²) in [4.78, 5) is 8.32. The predicted octanol–water partition coefficient (Wildman–Crippen LogP) is 2.46. The molecule has 3 N–H and O–H groups in total. The second-order valence-corrected chi connectivity index (χ2v) is 5.88. The first-order valence-corrected chi connectivity index (χ1v) is 7.00. The average molecular weight is 257 g/mol. The maximum absolute atomic E-state index is 8.80. The molecule has 1 spiro atoms. The second kappa shape index (κ2) is 4.69. The lowest BCUT2D eigenvalue weighted by Crippen LogP contribution is -2.20. The Morgan fingerprint density at radius 2 is 2.16 bits per heavy atom. The van der Waals surface area contributed by atoms with E-state index in [4.69, 9.17) is 11.0 Å². The van der Waals surface area contributed by atoms with Crippen molar-refractivity contribution in [3.05, 3.63) is 11.8 Å². The summed E-state index contributed by atoms with van der Waals surface area (Å²) in [5.74, 6) is 0.806. The zero-order valence-corrected chi connectivity index (χ0v) is 11.0. The molecule has 1 atom stereocenters. The molecule has 0 saturated heterocycles. The Bertz CT molecular complexity index is 515. The van der Waals surface area contributed by atoms with Gasteiger partial charge in [-0.15, -0.1) is 0 Å². The molecule has 0 aromatic carbocycles. The van der Waals surface area contributed by atoms with E-state index in [2.05, 4.69) is 15.3 Å². The van der Waals surface area contributed by atoms with E-state index in [-0.39, 0.29) is 5.82 Å². The van der Waals surface area contributed by atoms with Gasteiger partial charge in [-0.2, -0.15) is 10.2 Å². The first kappa shape index (κ1) is 12.2. The lowest BCUT2D eigenvalue weighted by atomic mass is 9.97. The van der Waals surface area contributed by atoms with Gasteiger partial charge in [-0.05, 0) is 43.9 Å². The maximum Gasteiger partial charge on any atom is 0.224 e. The molecule has 5 nitrogen and oxygen atoms in total. The number of anilines is 2. The lowest BCUT2D eigenvalue weighted by molar-refractivity contribution is 0.437.